The van der Waals surface area contributed by atoms with Crippen molar-refractivity contribution in [3.05, 3.63) is 90.5 Å². The van der Waals surface area contributed by atoms with Crippen molar-refractivity contribution < 1.29 is 14.3 Å². The highest BCUT2D eigenvalue weighted by Gasteiger charge is 2.20. The van der Waals surface area contributed by atoms with Crippen molar-refractivity contribution in [2.45, 2.75) is 40.3 Å². The van der Waals surface area contributed by atoms with Crippen LogP contribution in [0.25, 0.3) is 16.7 Å². The number of benzene rings is 3. The minimum Gasteiger partial charge on any atom is -0.497 e. The van der Waals surface area contributed by atoms with Gasteiger partial charge in [-0.3, -0.25) is 19.5 Å². The maximum Gasteiger partial charge on any atom is 0.258 e. The van der Waals surface area contributed by atoms with Crippen LogP contribution in [0.4, 0.5) is 11.6 Å². The lowest BCUT2D eigenvalue weighted by molar-refractivity contribution is -0.111. The van der Waals surface area contributed by atoms with Gasteiger partial charge in [0.05, 0.1) is 23.8 Å². The Labute approximate surface area is 229 Å². The molecule has 0 aliphatic heterocycles. The lowest BCUT2D eigenvalue weighted by Crippen LogP contribution is -2.37. The minimum absolute atomic E-state index is 0.134. The van der Waals surface area contributed by atoms with E-state index in [1.54, 1.807) is 37.4 Å². The van der Waals surface area contributed by atoms with E-state index >= 15 is 0 Å². The van der Waals surface area contributed by atoms with Crippen molar-refractivity contribution in [3.8, 4) is 11.4 Å². The second kappa shape index (κ2) is 11.5. The quantitative estimate of drug-likeness (QED) is 0.235. The topological polar surface area (TPSA) is 97.3 Å². The molecule has 0 spiro atoms. The van der Waals surface area contributed by atoms with Gasteiger partial charge < -0.3 is 15.4 Å². The number of anilines is 2. The Morgan fingerprint density at radius 1 is 1.05 bits per heavy atom. The van der Waals surface area contributed by atoms with Crippen molar-refractivity contribution >= 4 is 34.5 Å². The molecule has 39 heavy (non-hydrogen) atoms. The summed E-state index contributed by atoms with van der Waals surface area (Å²) in [5, 5.41) is 9.34. The summed E-state index contributed by atoms with van der Waals surface area (Å²) in [6, 6.07) is 20.7. The molecule has 2 amide bonds. The molecule has 1 unspecified atom stereocenters. The standard InChI is InChI=1S/C31H35N5O3/c1-7-28(37)33-23-11-9-12-24(18-23)36-27-15-14-21(19-32-20(2)31(3,4)5)16-26(27)34-30(36)35-29(38)22-10-8-13-25(17-22)39-6/h7-18,20,32H,1,19H2,2-6H3,(H,33,37)(H,34,35,38). The summed E-state index contributed by atoms with van der Waals surface area (Å²) in [6.45, 7) is 13.0. The van der Waals surface area contributed by atoms with Crippen molar-refractivity contribution in [1.82, 2.24) is 14.9 Å². The third-order valence-electron chi connectivity index (χ3n) is 6.74. The first-order chi connectivity index (χ1) is 18.6. The molecule has 202 valence electrons. The molecule has 0 saturated heterocycles. The monoisotopic (exact) mass is 525 g/mol. The van der Waals surface area contributed by atoms with Gasteiger partial charge in [-0.25, -0.2) is 4.98 Å². The minimum atomic E-state index is -0.317. The number of methoxy groups -OCH3 is 1. The Hall–Kier alpha value is -4.43. The van der Waals surface area contributed by atoms with Crippen LogP contribution in [0, 0.1) is 5.41 Å². The number of hydrogen-bond donors (Lipinski definition) is 3. The Morgan fingerprint density at radius 2 is 1.82 bits per heavy atom. The molecule has 3 N–H and O–H groups in total. The molecule has 8 heteroatoms. The third-order valence-corrected chi connectivity index (χ3v) is 6.74. The summed E-state index contributed by atoms with van der Waals surface area (Å²) >= 11 is 0. The van der Waals surface area contributed by atoms with Gasteiger partial charge in [-0.1, -0.05) is 45.5 Å². The summed E-state index contributed by atoms with van der Waals surface area (Å²) in [5.74, 6) is 0.319. The zero-order valence-corrected chi connectivity index (χ0v) is 23.0. The fourth-order valence-corrected chi connectivity index (χ4v) is 4.01. The third kappa shape index (κ3) is 6.53. The highest BCUT2D eigenvalue weighted by Crippen LogP contribution is 2.28. The van der Waals surface area contributed by atoms with Gasteiger partial charge in [0, 0.05) is 23.8 Å². The Bertz CT molecular complexity index is 1520. The second-order valence-corrected chi connectivity index (χ2v) is 10.5. The van der Waals surface area contributed by atoms with Gasteiger partial charge >= 0.3 is 0 Å². The van der Waals surface area contributed by atoms with Gasteiger partial charge in [-0.05, 0) is 72.5 Å². The number of carbonyl (C=O) groups excluding carboxylic acids is 2. The fourth-order valence-electron chi connectivity index (χ4n) is 4.01. The SMILES string of the molecule is C=CC(=O)Nc1cccc(-n2c(NC(=O)c3cccc(OC)c3)nc3cc(CNC(C)C(C)(C)C)ccc32)c1. The number of nitrogens with zero attached hydrogens (tertiary/aromatic N) is 2. The molecule has 4 aromatic rings. The van der Waals surface area contributed by atoms with E-state index in [0.717, 1.165) is 22.3 Å². The highest BCUT2D eigenvalue weighted by molar-refractivity contribution is 6.04. The molecule has 3 aromatic carbocycles. The number of carbonyl (C=O) groups is 2. The number of fused-ring (bicyclic) bond motifs is 1. The van der Waals surface area contributed by atoms with E-state index in [4.69, 9.17) is 9.72 Å². The molecule has 4 rings (SSSR count). The van der Waals surface area contributed by atoms with Crippen LogP contribution in [0.1, 0.15) is 43.6 Å². The van der Waals surface area contributed by atoms with Gasteiger partial charge in [0.1, 0.15) is 5.75 Å². The van der Waals surface area contributed by atoms with Crippen LogP contribution < -0.4 is 20.7 Å². The average Bonchev–Trinajstić information content (AvgIpc) is 3.28. The lowest BCUT2D eigenvalue weighted by atomic mass is 9.88. The summed E-state index contributed by atoms with van der Waals surface area (Å²) in [4.78, 5) is 29.9. The molecule has 0 fully saturated rings. The fraction of sp³-hybridized carbons (Fsp3) is 0.258. The molecular formula is C31H35N5O3. The number of rotatable bonds is 9. The zero-order chi connectivity index (χ0) is 28.2. The van der Waals surface area contributed by atoms with E-state index in [9.17, 15) is 9.59 Å². The van der Waals surface area contributed by atoms with Gasteiger partial charge in [0.2, 0.25) is 11.9 Å². The summed E-state index contributed by atoms with van der Waals surface area (Å²) in [6.07, 6.45) is 1.22. The molecule has 0 bridgehead atoms. The Kier molecular flexibility index (Phi) is 8.16. The van der Waals surface area contributed by atoms with E-state index < -0.39 is 0 Å². The normalized spacial score (nSPS) is 12.1. The molecule has 0 aliphatic rings. The Balaban J connectivity index is 1.74. The van der Waals surface area contributed by atoms with E-state index in [-0.39, 0.29) is 17.2 Å². The molecule has 1 heterocycles. The Morgan fingerprint density at radius 3 is 2.54 bits per heavy atom. The molecule has 8 nitrogen and oxygen atoms in total. The van der Waals surface area contributed by atoms with Crippen LogP contribution >= 0.6 is 0 Å². The zero-order valence-electron chi connectivity index (χ0n) is 23.0. The largest absolute Gasteiger partial charge is 0.497 e. The first kappa shape index (κ1) is 27.6. The number of nitrogens with one attached hydrogen (secondary N) is 3. The van der Waals surface area contributed by atoms with Crippen LogP contribution in [0.5, 0.6) is 5.75 Å². The molecule has 0 saturated carbocycles. The van der Waals surface area contributed by atoms with E-state index in [1.165, 1.54) is 6.08 Å². The number of hydrogen-bond acceptors (Lipinski definition) is 5. The number of ether oxygens (including phenoxy) is 1. The first-order valence-electron chi connectivity index (χ1n) is 12.8. The van der Waals surface area contributed by atoms with Crippen molar-refractivity contribution in [2.24, 2.45) is 5.41 Å². The van der Waals surface area contributed by atoms with Gasteiger partial charge in [-0.15, -0.1) is 0 Å². The van der Waals surface area contributed by atoms with E-state index in [2.05, 4.69) is 56.3 Å². The van der Waals surface area contributed by atoms with Crippen LogP contribution in [-0.2, 0) is 11.3 Å². The smallest absolute Gasteiger partial charge is 0.258 e. The summed E-state index contributed by atoms with van der Waals surface area (Å²) < 4.78 is 7.14. The summed E-state index contributed by atoms with van der Waals surface area (Å²) in [7, 11) is 1.56. The van der Waals surface area contributed by atoms with Gasteiger partial charge in [0.15, 0.2) is 0 Å². The van der Waals surface area contributed by atoms with Crippen molar-refractivity contribution in [1.29, 1.82) is 0 Å². The number of aromatic nitrogens is 2. The molecule has 0 aliphatic carbocycles. The average molecular weight is 526 g/mol. The summed E-state index contributed by atoms with van der Waals surface area (Å²) in [5.41, 5.74) is 4.54. The predicted octanol–water partition coefficient (Wildman–Crippen LogP) is 5.94. The van der Waals surface area contributed by atoms with Gasteiger partial charge in [-0.2, -0.15) is 0 Å². The maximum atomic E-state index is 13.2. The highest BCUT2D eigenvalue weighted by atomic mass is 16.5. The molecule has 0 radical (unpaired) electrons. The molecule has 1 atom stereocenters. The number of imidazole rings is 1. The first-order valence-corrected chi connectivity index (χ1v) is 12.8. The molecular weight excluding hydrogens is 490 g/mol. The van der Waals surface area contributed by atoms with E-state index in [0.29, 0.717) is 35.5 Å². The number of amides is 2. The second-order valence-electron chi connectivity index (χ2n) is 10.5. The van der Waals surface area contributed by atoms with Crippen LogP contribution in [-0.4, -0.2) is 34.5 Å². The van der Waals surface area contributed by atoms with Crippen molar-refractivity contribution in [2.75, 3.05) is 17.7 Å². The maximum absolute atomic E-state index is 13.2. The predicted molar refractivity (Wildman–Crippen MR) is 157 cm³/mol. The van der Waals surface area contributed by atoms with Crippen molar-refractivity contribution in [3.63, 3.8) is 0 Å². The van der Waals surface area contributed by atoms with Gasteiger partial charge in [0.25, 0.3) is 5.91 Å². The van der Waals surface area contributed by atoms with E-state index in [1.807, 2.05) is 34.9 Å². The van der Waals surface area contributed by atoms with Crippen LogP contribution in [0.2, 0.25) is 0 Å². The lowest BCUT2D eigenvalue weighted by Gasteiger charge is -2.28. The van der Waals surface area contributed by atoms with Crippen LogP contribution in [0.15, 0.2) is 79.4 Å². The molecule has 1 aromatic heterocycles. The van der Waals surface area contributed by atoms with Crippen LogP contribution in [0.3, 0.4) is 0 Å².